The number of aryl methyl sites for hydroxylation is 2. The van der Waals surface area contributed by atoms with Gasteiger partial charge in [0.15, 0.2) is 5.13 Å². The van der Waals surface area contributed by atoms with Crippen LogP contribution in [0, 0.1) is 19.8 Å². The zero-order valence-corrected chi connectivity index (χ0v) is 14.7. The minimum atomic E-state index is -1.01. The molecule has 0 spiro atoms. The molecule has 0 aliphatic heterocycles. The summed E-state index contributed by atoms with van der Waals surface area (Å²) < 4.78 is 13.9. The lowest BCUT2D eigenvalue weighted by Gasteiger charge is -2.10. The number of carbonyl (C=O) groups is 1. The Hall–Kier alpha value is -2.54. The van der Waals surface area contributed by atoms with Gasteiger partial charge in [0, 0.05) is 11.3 Å². The van der Waals surface area contributed by atoms with Crippen LogP contribution in [0.15, 0.2) is 24.3 Å². The van der Waals surface area contributed by atoms with Crippen molar-refractivity contribution in [2.24, 2.45) is 5.92 Å². The summed E-state index contributed by atoms with van der Waals surface area (Å²) in [6, 6.07) is 7.79. The van der Waals surface area contributed by atoms with E-state index in [4.69, 9.17) is 5.73 Å². The Labute approximate surface area is 148 Å². The number of anilines is 2. The molecule has 2 aromatic heterocycles. The summed E-state index contributed by atoms with van der Waals surface area (Å²) in [4.78, 5) is 20.6. The van der Waals surface area contributed by atoms with E-state index in [1.165, 1.54) is 11.3 Å². The topological polar surface area (TPSA) is 80.9 Å². The Bertz CT molecular complexity index is 977. The van der Waals surface area contributed by atoms with Crippen LogP contribution in [0.5, 0.6) is 0 Å². The number of alkyl halides is 1. The van der Waals surface area contributed by atoms with Gasteiger partial charge in [-0.3, -0.25) is 4.79 Å². The minimum absolute atomic E-state index is 0.291. The summed E-state index contributed by atoms with van der Waals surface area (Å²) in [5.74, 6) is -0.302. The van der Waals surface area contributed by atoms with Crippen LogP contribution in [0.4, 0.5) is 15.3 Å². The van der Waals surface area contributed by atoms with Crippen molar-refractivity contribution >= 4 is 38.4 Å². The van der Waals surface area contributed by atoms with Gasteiger partial charge >= 0.3 is 0 Å². The number of nitrogens with one attached hydrogen (secondary N) is 1. The Morgan fingerprint density at radius 3 is 2.76 bits per heavy atom. The van der Waals surface area contributed by atoms with Crippen LogP contribution >= 0.6 is 11.3 Å². The smallest absolute Gasteiger partial charge is 0.232 e. The SMILES string of the molecule is Cc1cc(N)nc(C)c1-c1ccc2nc(NC(=O)C3CC3F)sc2c1. The summed E-state index contributed by atoms with van der Waals surface area (Å²) in [5, 5.41) is 3.21. The average molecular weight is 356 g/mol. The fourth-order valence-corrected chi connectivity index (χ4v) is 3.97. The molecule has 25 heavy (non-hydrogen) atoms. The monoisotopic (exact) mass is 356 g/mol. The average Bonchev–Trinajstić information content (AvgIpc) is 3.13. The molecule has 2 unspecified atom stereocenters. The van der Waals surface area contributed by atoms with E-state index in [1.54, 1.807) is 0 Å². The Kier molecular flexibility index (Phi) is 3.68. The largest absolute Gasteiger partial charge is 0.384 e. The predicted molar refractivity (Wildman–Crippen MR) is 98.4 cm³/mol. The summed E-state index contributed by atoms with van der Waals surface area (Å²) in [5.41, 5.74) is 10.6. The Balaban J connectivity index is 1.68. The standard InChI is InChI=1S/C18H17FN4OS/c1-8-5-15(20)21-9(2)16(8)10-3-4-13-14(6-10)25-18(22-13)23-17(24)11-7-12(11)19/h3-6,11-12H,7H2,1-2H3,(H2,20,21)(H,22,23,24). The van der Waals surface area contributed by atoms with Crippen LogP contribution in [0.2, 0.25) is 0 Å². The number of amides is 1. The second-order valence-corrected chi connectivity index (χ2v) is 7.40. The molecule has 3 N–H and O–H groups in total. The van der Waals surface area contributed by atoms with E-state index >= 15 is 0 Å². The first-order chi connectivity index (χ1) is 11.9. The van der Waals surface area contributed by atoms with Gasteiger partial charge in [-0.2, -0.15) is 0 Å². The number of fused-ring (bicyclic) bond motifs is 1. The molecule has 2 heterocycles. The van der Waals surface area contributed by atoms with E-state index < -0.39 is 12.1 Å². The predicted octanol–water partition coefficient (Wildman–Crippen LogP) is 3.85. The van der Waals surface area contributed by atoms with Crippen molar-refractivity contribution in [1.29, 1.82) is 0 Å². The van der Waals surface area contributed by atoms with Gasteiger partial charge in [0.1, 0.15) is 12.0 Å². The van der Waals surface area contributed by atoms with Gasteiger partial charge in [-0.1, -0.05) is 17.4 Å². The summed E-state index contributed by atoms with van der Waals surface area (Å²) >= 11 is 1.39. The highest BCUT2D eigenvalue weighted by Gasteiger charge is 2.43. The molecule has 1 aliphatic rings. The van der Waals surface area contributed by atoms with Crippen molar-refractivity contribution < 1.29 is 9.18 Å². The molecule has 4 rings (SSSR count). The lowest BCUT2D eigenvalue weighted by Crippen LogP contribution is -2.14. The fourth-order valence-electron chi connectivity index (χ4n) is 3.06. The lowest BCUT2D eigenvalue weighted by atomic mass is 9.99. The molecule has 1 amide bonds. The minimum Gasteiger partial charge on any atom is -0.384 e. The van der Waals surface area contributed by atoms with Crippen molar-refractivity contribution in [3.05, 3.63) is 35.5 Å². The van der Waals surface area contributed by atoms with Gasteiger partial charge in [-0.15, -0.1) is 0 Å². The van der Waals surface area contributed by atoms with Gasteiger partial charge in [-0.05, 0) is 49.6 Å². The molecule has 128 valence electrons. The van der Waals surface area contributed by atoms with Gasteiger partial charge in [0.05, 0.1) is 16.1 Å². The molecule has 0 bridgehead atoms. The van der Waals surface area contributed by atoms with Gasteiger partial charge in [-0.25, -0.2) is 14.4 Å². The molecule has 2 atom stereocenters. The highest BCUT2D eigenvalue weighted by molar-refractivity contribution is 7.22. The quantitative estimate of drug-likeness (QED) is 0.747. The third kappa shape index (κ3) is 2.95. The van der Waals surface area contributed by atoms with E-state index in [1.807, 2.05) is 38.1 Å². The number of hydrogen-bond donors (Lipinski definition) is 2. The molecule has 0 radical (unpaired) electrons. The summed E-state index contributed by atoms with van der Waals surface area (Å²) in [7, 11) is 0. The molecule has 5 nitrogen and oxygen atoms in total. The van der Waals surface area contributed by atoms with Gasteiger partial charge in [0.25, 0.3) is 0 Å². The highest BCUT2D eigenvalue weighted by atomic mass is 32.1. The maximum absolute atomic E-state index is 13.0. The van der Waals surface area contributed by atoms with Crippen molar-refractivity contribution in [3.8, 4) is 11.1 Å². The van der Waals surface area contributed by atoms with Crippen molar-refractivity contribution in [3.63, 3.8) is 0 Å². The molecular weight excluding hydrogens is 339 g/mol. The molecular formula is C18H17FN4OS. The first-order valence-electron chi connectivity index (χ1n) is 8.02. The second-order valence-electron chi connectivity index (χ2n) is 6.37. The van der Waals surface area contributed by atoms with E-state index in [-0.39, 0.29) is 5.91 Å². The molecule has 1 aromatic carbocycles. The Morgan fingerprint density at radius 2 is 2.08 bits per heavy atom. The third-order valence-electron chi connectivity index (χ3n) is 4.37. The van der Waals surface area contributed by atoms with Crippen LogP contribution in [0.25, 0.3) is 21.3 Å². The van der Waals surface area contributed by atoms with Crippen molar-refractivity contribution in [1.82, 2.24) is 9.97 Å². The van der Waals surface area contributed by atoms with Crippen LogP contribution in [0.3, 0.4) is 0 Å². The molecule has 1 fully saturated rings. The van der Waals surface area contributed by atoms with E-state index in [9.17, 15) is 9.18 Å². The van der Waals surface area contributed by atoms with E-state index in [2.05, 4.69) is 15.3 Å². The molecule has 7 heteroatoms. The first kappa shape index (κ1) is 16.0. The lowest BCUT2D eigenvalue weighted by molar-refractivity contribution is -0.117. The molecule has 1 aliphatic carbocycles. The number of rotatable bonds is 3. The second kappa shape index (κ2) is 5.77. The number of hydrogen-bond acceptors (Lipinski definition) is 5. The van der Waals surface area contributed by atoms with Crippen molar-refractivity contribution in [2.75, 3.05) is 11.1 Å². The van der Waals surface area contributed by atoms with Crippen LogP contribution in [-0.2, 0) is 4.79 Å². The first-order valence-corrected chi connectivity index (χ1v) is 8.83. The maximum atomic E-state index is 13.0. The number of thiazole rings is 1. The van der Waals surface area contributed by atoms with Gasteiger partial charge in [0.2, 0.25) is 5.91 Å². The normalized spacial score (nSPS) is 19.2. The number of nitrogens with zero attached hydrogens (tertiary/aromatic N) is 2. The highest BCUT2D eigenvalue weighted by Crippen LogP contribution is 2.37. The maximum Gasteiger partial charge on any atom is 0.232 e. The van der Waals surface area contributed by atoms with Crippen LogP contribution < -0.4 is 11.1 Å². The van der Waals surface area contributed by atoms with Gasteiger partial charge < -0.3 is 11.1 Å². The fraction of sp³-hybridized carbons (Fsp3) is 0.278. The van der Waals surface area contributed by atoms with Crippen LogP contribution in [-0.4, -0.2) is 22.0 Å². The molecule has 3 aromatic rings. The third-order valence-corrected chi connectivity index (χ3v) is 5.31. The Morgan fingerprint density at radius 1 is 1.32 bits per heavy atom. The number of benzene rings is 1. The number of halogens is 1. The van der Waals surface area contributed by atoms with Crippen LogP contribution in [0.1, 0.15) is 17.7 Å². The van der Waals surface area contributed by atoms with E-state index in [0.717, 1.165) is 32.6 Å². The molecule has 0 saturated heterocycles. The number of pyridine rings is 1. The zero-order chi connectivity index (χ0) is 17.7. The number of nitrogens with two attached hydrogens (primary N) is 1. The summed E-state index contributed by atoms with van der Waals surface area (Å²) in [6.45, 7) is 3.94. The number of carbonyl (C=O) groups excluding carboxylic acids is 1. The zero-order valence-electron chi connectivity index (χ0n) is 13.8. The van der Waals surface area contributed by atoms with E-state index in [0.29, 0.717) is 17.4 Å². The summed E-state index contributed by atoms with van der Waals surface area (Å²) in [6.07, 6.45) is -0.700. The molecule has 1 saturated carbocycles. The number of aromatic nitrogens is 2. The van der Waals surface area contributed by atoms with Crippen molar-refractivity contribution in [2.45, 2.75) is 26.4 Å². The number of nitrogen functional groups attached to an aromatic ring is 1.